The first-order valence-corrected chi connectivity index (χ1v) is 7.96. The molecule has 1 saturated heterocycles. The lowest BCUT2D eigenvalue weighted by atomic mass is 9.79. The standard InChI is InChI=1S/C15H28N2O3/c1-2-16-14-10-20-9-13(14)15(19)17-7-11-5-3-4-6-12(11)8-18/h11-14,16,18H,2-10H2,1H3,(H,17,19). The Hall–Kier alpha value is -0.650. The van der Waals surface area contributed by atoms with Crippen LogP contribution in [0.5, 0.6) is 0 Å². The van der Waals surface area contributed by atoms with Crippen LogP contribution in [0.25, 0.3) is 0 Å². The van der Waals surface area contributed by atoms with Crippen molar-refractivity contribution < 1.29 is 14.6 Å². The summed E-state index contributed by atoms with van der Waals surface area (Å²) in [5, 5.41) is 15.8. The Morgan fingerprint density at radius 3 is 2.70 bits per heavy atom. The van der Waals surface area contributed by atoms with Crippen molar-refractivity contribution in [2.45, 2.75) is 38.6 Å². The fraction of sp³-hybridized carbons (Fsp3) is 0.933. The average Bonchev–Trinajstić information content (AvgIpc) is 2.94. The number of aliphatic hydroxyl groups excluding tert-OH is 1. The fourth-order valence-corrected chi connectivity index (χ4v) is 3.43. The third kappa shape index (κ3) is 3.93. The van der Waals surface area contributed by atoms with Gasteiger partial charge in [-0.25, -0.2) is 0 Å². The van der Waals surface area contributed by atoms with Crippen molar-refractivity contribution in [3.05, 3.63) is 0 Å². The lowest BCUT2D eigenvalue weighted by Gasteiger charge is -2.30. The zero-order valence-corrected chi connectivity index (χ0v) is 12.4. The van der Waals surface area contributed by atoms with E-state index in [-0.39, 0.29) is 24.5 Å². The SMILES string of the molecule is CCNC1COCC1C(=O)NCC1CCCCC1CO. The first-order valence-electron chi connectivity index (χ1n) is 7.96. The number of rotatable bonds is 6. The van der Waals surface area contributed by atoms with Crippen LogP contribution in [0.3, 0.4) is 0 Å². The molecule has 0 radical (unpaired) electrons. The van der Waals surface area contributed by atoms with Gasteiger partial charge in [-0.05, 0) is 31.2 Å². The van der Waals surface area contributed by atoms with E-state index in [9.17, 15) is 9.90 Å². The third-order valence-electron chi connectivity index (χ3n) is 4.72. The van der Waals surface area contributed by atoms with E-state index in [0.29, 0.717) is 31.6 Å². The van der Waals surface area contributed by atoms with Crippen molar-refractivity contribution in [3.8, 4) is 0 Å². The van der Waals surface area contributed by atoms with Gasteiger partial charge < -0.3 is 20.5 Å². The van der Waals surface area contributed by atoms with Crippen LogP contribution in [0, 0.1) is 17.8 Å². The summed E-state index contributed by atoms with van der Waals surface area (Å²) in [7, 11) is 0. The molecule has 20 heavy (non-hydrogen) atoms. The van der Waals surface area contributed by atoms with Gasteiger partial charge in [0.25, 0.3) is 0 Å². The minimum atomic E-state index is -0.0777. The van der Waals surface area contributed by atoms with E-state index in [2.05, 4.69) is 10.6 Å². The van der Waals surface area contributed by atoms with Crippen molar-refractivity contribution >= 4 is 5.91 Å². The first-order chi connectivity index (χ1) is 9.76. The molecule has 116 valence electrons. The van der Waals surface area contributed by atoms with Gasteiger partial charge in [0.05, 0.1) is 19.1 Å². The number of aliphatic hydroxyl groups is 1. The second-order valence-corrected chi connectivity index (χ2v) is 6.04. The van der Waals surface area contributed by atoms with Crippen molar-refractivity contribution in [1.82, 2.24) is 10.6 Å². The maximum Gasteiger partial charge on any atom is 0.227 e. The molecule has 2 fully saturated rings. The van der Waals surface area contributed by atoms with E-state index in [0.717, 1.165) is 19.4 Å². The number of likely N-dealkylation sites (N-methyl/N-ethyl adjacent to an activating group) is 1. The van der Waals surface area contributed by atoms with Crippen molar-refractivity contribution in [3.63, 3.8) is 0 Å². The Balaban J connectivity index is 1.79. The van der Waals surface area contributed by atoms with Crippen molar-refractivity contribution in [1.29, 1.82) is 0 Å². The molecule has 2 rings (SSSR count). The molecule has 0 aromatic carbocycles. The van der Waals surface area contributed by atoms with Crippen LogP contribution in [0.15, 0.2) is 0 Å². The normalized spacial score (nSPS) is 34.1. The number of carbonyl (C=O) groups excluding carboxylic acids is 1. The van der Waals surface area contributed by atoms with Gasteiger partial charge in [-0.2, -0.15) is 0 Å². The predicted octanol–water partition coefficient (Wildman–Crippen LogP) is 0.526. The molecule has 1 heterocycles. The summed E-state index contributed by atoms with van der Waals surface area (Å²) in [5.41, 5.74) is 0. The molecule has 1 amide bonds. The maximum atomic E-state index is 12.3. The Labute approximate surface area is 121 Å². The minimum Gasteiger partial charge on any atom is -0.396 e. The van der Waals surface area contributed by atoms with E-state index in [4.69, 9.17) is 4.74 Å². The number of carbonyl (C=O) groups is 1. The summed E-state index contributed by atoms with van der Waals surface area (Å²) < 4.78 is 5.41. The summed E-state index contributed by atoms with van der Waals surface area (Å²) in [5.74, 6) is 0.799. The fourth-order valence-electron chi connectivity index (χ4n) is 3.43. The highest BCUT2D eigenvalue weighted by Crippen LogP contribution is 2.29. The summed E-state index contributed by atoms with van der Waals surface area (Å²) in [6, 6.07) is 0.139. The second kappa shape index (κ2) is 7.96. The van der Waals surface area contributed by atoms with E-state index in [1.165, 1.54) is 12.8 Å². The molecule has 1 aliphatic heterocycles. The monoisotopic (exact) mass is 284 g/mol. The highest BCUT2D eigenvalue weighted by molar-refractivity contribution is 5.79. The maximum absolute atomic E-state index is 12.3. The molecular weight excluding hydrogens is 256 g/mol. The van der Waals surface area contributed by atoms with Gasteiger partial charge in [-0.15, -0.1) is 0 Å². The predicted molar refractivity (Wildman–Crippen MR) is 77.3 cm³/mol. The minimum absolute atomic E-state index is 0.0777. The number of ether oxygens (including phenoxy) is 1. The zero-order valence-electron chi connectivity index (χ0n) is 12.4. The van der Waals surface area contributed by atoms with Gasteiger partial charge >= 0.3 is 0 Å². The van der Waals surface area contributed by atoms with Gasteiger partial charge in [0, 0.05) is 19.2 Å². The third-order valence-corrected chi connectivity index (χ3v) is 4.72. The molecule has 5 nitrogen and oxygen atoms in total. The van der Waals surface area contributed by atoms with Gasteiger partial charge in [0.2, 0.25) is 5.91 Å². The Kier molecular flexibility index (Phi) is 6.26. The number of amides is 1. The number of hydrogen-bond donors (Lipinski definition) is 3. The van der Waals surface area contributed by atoms with Gasteiger partial charge in [-0.3, -0.25) is 4.79 Å². The molecule has 0 spiro atoms. The summed E-state index contributed by atoms with van der Waals surface area (Å²) >= 11 is 0. The van der Waals surface area contributed by atoms with Crippen LogP contribution in [-0.4, -0.2) is 50.0 Å². The summed E-state index contributed by atoms with van der Waals surface area (Å²) in [6.07, 6.45) is 4.62. The highest BCUT2D eigenvalue weighted by Gasteiger charge is 2.34. The van der Waals surface area contributed by atoms with Crippen molar-refractivity contribution in [2.75, 3.05) is 32.9 Å². The molecule has 1 saturated carbocycles. The van der Waals surface area contributed by atoms with E-state index < -0.39 is 0 Å². The summed E-state index contributed by atoms with van der Waals surface area (Å²) in [6.45, 7) is 4.97. The Morgan fingerprint density at radius 2 is 2.00 bits per heavy atom. The average molecular weight is 284 g/mol. The molecular formula is C15H28N2O3. The van der Waals surface area contributed by atoms with E-state index >= 15 is 0 Å². The van der Waals surface area contributed by atoms with Crippen LogP contribution in [-0.2, 0) is 9.53 Å². The molecule has 5 heteroatoms. The van der Waals surface area contributed by atoms with Crippen LogP contribution < -0.4 is 10.6 Å². The summed E-state index contributed by atoms with van der Waals surface area (Å²) in [4.78, 5) is 12.3. The Bertz CT molecular complexity index is 311. The zero-order chi connectivity index (χ0) is 14.4. The molecule has 0 aromatic rings. The first kappa shape index (κ1) is 15.7. The van der Waals surface area contributed by atoms with Gasteiger partial charge in [0.1, 0.15) is 0 Å². The van der Waals surface area contributed by atoms with Crippen LogP contribution >= 0.6 is 0 Å². The molecule has 0 bridgehead atoms. The van der Waals surface area contributed by atoms with Gasteiger partial charge in [0.15, 0.2) is 0 Å². The topological polar surface area (TPSA) is 70.6 Å². The van der Waals surface area contributed by atoms with Crippen LogP contribution in [0.4, 0.5) is 0 Å². The number of nitrogens with one attached hydrogen (secondary N) is 2. The second-order valence-electron chi connectivity index (χ2n) is 6.04. The smallest absolute Gasteiger partial charge is 0.227 e. The molecule has 3 N–H and O–H groups in total. The molecule has 4 unspecified atom stereocenters. The lowest BCUT2D eigenvalue weighted by Crippen LogP contribution is -2.45. The lowest BCUT2D eigenvalue weighted by molar-refractivity contribution is -0.125. The van der Waals surface area contributed by atoms with E-state index in [1.807, 2.05) is 6.92 Å². The van der Waals surface area contributed by atoms with Gasteiger partial charge in [-0.1, -0.05) is 19.8 Å². The van der Waals surface area contributed by atoms with E-state index in [1.54, 1.807) is 0 Å². The van der Waals surface area contributed by atoms with Crippen molar-refractivity contribution in [2.24, 2.45) is 17.8 Å². The molecule has 1 aliphatic carbocycles. The number of hydrogen-bond acceptors (Lipinski definition) is 4. The molecule has 2 aliphatic rings. The van der Waals surface area contributed by atoms with Crippen LogP contribution in [0.1, 0.15) is 32.6 Å². The highest BCUT2D eigenvalue weighted by atomic mass is 16.5. The Morgan fingerprint density at radius 1 is 1.25 bits per heavy atom. The molecule has 4 atom stereocenters. The van der Waals surface area contributed by atoms with Crippen LogP contribution in [0.2, 0.25) is 0 Å². The quantitative estimate of drug-likeness (QED) is 0.665. The largest absolute Gasteiger partial charge is 0.396 e. The molecule has 0 aromatic heterocycles.